The number of benzene rings is 2. The predicted molar refractivity (Wildman–Crippen MR) is 169 cm³/mol. The van der Waals surface area contributed by atoms with Gasteiger partial charge < -0.3 is 18.8 Å². The number of carbonyl (C=O) groups excluding carboxylic acids is 1. The van der Waals surface area contributed by atoms with E-state index in [1.807, 2.05) is 70.2 Å². The van der Waals surface area contributed by atoms with Crippen LogP contribution in [0.2, 0.25) is 5.02 Å². The summed E-state index contributed by atoms with van der Waals surface area (Å²) in [5.74, 6) is 0.552. The lowest BCUT2D eigenvalue weighted by atomic mass is 9.95. The van der Waals surface area contributed by atoms with E-state index in [-0.39, 0.29) is 18.3 Å². The lowest BCUT2D eigenvalue weighted by Gasteiger charge is -2.25. The molecule has 8 nitrogen and oxygen atoms in total. The highest BCUT2D eigenvalue weighted by atomic mass is 35.5. The summed E-state index contributed by atoms with van der Waals surface area (Å²) in [6.07, 6.45) is 1.82. The Balaban J connectivity index is 1.69. The lowest BCUT2D eigenvalue weighted by Crippen LogP contribution is -2.40. The molecule has 10 heteroatoms. The van der Waals surface area contributed by atoms with Crippen molar-refractivity contribution in [3.05, 3.63) is 107 Å². The second-order valence-electron chi connectivity index (χ2n) is 10.5. The van der Waals surface area contributed by atoms with Gasteiger partial charge in [0.1, 0.15) is 0 Å². The molecule has 43 heavy (non-hydrogen) atoms. The van der Waals surface area contributed by atoms with Crippen LogP contribution in [0.3, 0.4) is 0 Å². The third-order valence-electron chi connectivity index (χ3n) is 7.21. The van der Waals surface area contributed by atoms with Crippen LogP contribution in [0.1, 0.15) is 56.3 Å². The van der Waals surface area contributed by atoms with E-state index >= 15 is 0 Å². The number of carbonyl (C=O) groups is 1. The van der Waals surface area contributed by atoms with Crippen LogP contribution in [-0.2, 0) is 9.53 Å². The first kappa shape index (κ1) is 30.4. The summed E-state index contributed by atoms with van der Waals surface area (Å²) in [5.41, 5.74) is 5.05. The summed E-state index contributed by atoms with van der Waals surface area (Å²) < 4.78 is 21.2. The van der Waals surface area contributed by atoms with Gasteiger partial charge in [-0.15, -0.1) is 0 Å². The van der Waals surface area contributed by atoms with Gasteiger partial charge in [0.2, 0.25) is 0 Å². The minimum atomic E-state index is -0.765. The smallest absolute Gasteiger partial charge is 0.338 e. The number of ether oxygens (including phenoxy) is 3. The number of rotatable bonds is 8. The molecule has 0 saturated heterocycles. The molecule has 0 bridgehead atoms. The van der Waals surface area contributed by atoms with E-state index in [1.54, 1.807) is 37.7 Å². The molecule has 5 rings (SSSR count). The lowest BCUT2D eigenvalue weighted by molar-refractivity contribution is -0.139. The Labute approximate surface area is 259 Å². The number of esters is 1. The zero-order chi connectivity index (χ0) is 31.0. The van der Waals surface area contributed by atoms with Crippen LogP contribution < -0.4 is 24.4 Å². The molecule has 0 aliphatic carbocycles. The minimum Gasteiger partial charge on any atom is -0.493 e. The molecule has 0 unspecified atom stereocenters. The molecule has 0 saturated carbocycles. The number of aromatic nitrogens is 2. The van der Waals surface area contributed by atoms with Crippen LogP contribution in [0.5, 0.6) is 11.5 Å². The normalized spacial score (nSPS) is 15.0. The van der Waals surface area contributed by atoms with Crippen LogP contribution in [0.15, 0.2) is 69.6 Å². The number of aryl methyl sites for hydroxylation is 1. The molecule has 3 heterocycles. The number of halogens is 1. The quantitative estimate of drug-likeness (QED) is 0.238. The Morgan fingerprint density at radius 1 is 1.12 bits per heavy atom. The van der Waals surface area contributed by atoms with E-state index < -0.39 is 12.0 Å². The zero-order valence-electron chi connectivity index (χ0n) is 25.2. The number of allylic oxidation sites excluding steroid dienone is 1. The maximum atomic E-state index is 14.1. The largest absolute Gasteiger partial charge is 0.493 e. The number of nitrogens with zero attached hydrogens (tertiary/aromatic N) is 3. The van der Waals surface area contributed by atoms with Gasteiger partial charge in [-0.2, -0.15) is 0 Å². The molecule has 0 spiro atoms. The van der Waals surface area contributed by atoms with E-state index in [2.05, 4.69) is 4.57 Å². The van der Waals surface area contributed by atoms with Gasteiger partial charge >= 0.3 is 5.97 Å². The minimum absolute atomic E-state index is 0.0597. The first-order valence-electron chi connectivity index (χ1n) is 14.0. The molecule has 0 amide bonds. The second kappa shape index (κ2) is 12.3. The molecule has 1 aliphatic heterocycles. The maximum absolute atomic E-state index is 14.1. The monoisotopic (exact) mass is 619 g/mol. The first-order chi connectivity index (χ1) is 20.5. The molecular weight excluding hydrogens is 586 g/mol. The molecule has 224 valence electrons. The third-order valence-corrected chi connectivity index (χ3v) is 8.42. The summed E-state index contributed by atoms with van der Waals surface area (Å²) in [4.78, 5) is 32.6. The fourth-order valence-corrected chi connectivity index (χ4v) is 6.62. The second-order valence-corrected chi connectivity index (χ2v) is 12.0. The van der Waals surface area contributed by atoms with E-state index in [4.69, 9.17) is 30.8 Å². The Morgan fingerprint density at radius 3 is 2.56 bits per heavy atom. The summed E-state index contributed by atoms with van der Waals surface area (Å²) in [6.45, 7) is 11.6. The van der Waals surface area contributed by atoms with E-state index in [1.165, 1.54) is 11.3 Å². The average Bonchev–Trinajstić information content (AvgIpc) is 3.41. The molecule has 0 radical (unpaired) electrons. The van der Waals surface area contributed by atoms with Crippen molar-refractivity contribution in [1.82, 2.24) is 9.13 Å². The highest BCUT2D eigenvalue weighted by Crippen LogP contribution is 2.36. The number of hydrogen-bond donors (Lipinski definition) is 0. The highest BCUT2D eigenvalue weighted by Gasteiger charge is 2.34. The van der Waals surface area contributed by atoms with Crippen LogP contribution in [0.4, 0.5) is 0 Å². The fraction of sp³-hybridized carbons (Fsp3) is 0.303. The van der Waals surface area contributed by atoms with Gasteiger partial charge in [-0.3, -0.25) is 9.36 Å². The first-order valence-corrected chi connectivity index (χ1v) is 15.2. The van der Waals surface area contributed by atoms with Gasteiger partial charge in [0.25, 0.3) is 5.56 Å². The summed E-state index contributed by atoms with van der Waals surface area (Å²) >= 11 is 7.55. The molecule has 1 atom stereocenters. The van der Waals surface area contributed by atoms with Gasteiger partial charge in [-0.1, -0.05) is 35.1 Å². The predicted octanol–water partition coefficient (Wildman–Crippen LogP) is 5.66. The molecule has 1 aliphatic rings. The van der Waals surface area contributed by atoms with E-state index in [9.17, 15) is 9.59 Å². The molecule has 2 aromatic heterocycles. The van der Waals surface area contributed by atoms with E-state index in [0.29, 0.717) is 42.7 Å². The Morgan fingerprint density at radius 2 is 1.88 bits per heavy atom. The number of methoxy groups -OCH3 is 1. The van der Waals surface area contributed by atoms with Gasteiger partial charge in [0, 0.05) is 22.1 Å². The summed E-state index contributed by atoms with van der Waals surface area (Å²) in [7, 11) is 1.56. The van der Waals surface area contributed by atoms with Gasteiger partial charge in [0.05, 0.1) is 41.7 Å². The van der Waals surface area contributed by atoms with Crippen molar-refractivity contribution in [3.8, 4) is 17.2 Å². The summed E-state index contributed by atoms with van der Waals surface area (Å²) in [6, 6.07) is 14.4. The van der Waals surface area contributed by atoms with Crippen molar-refractivity contribution in [2.45, 2.75) is 53.7 Å². The number of thiazole rings is 1. The molecule has 2 aromatic carbocycles. The Kier molecular flexibility index (Phi) is 8.66. The van der Waals surface area contributed by atoms with Crippen molar-refractivity contribution in [3.63, 3.8) is 0 Å². The van der Waals surface area contributed by atoms with Crippen molar-refractivity contribution in [2.24, 2.45) is 4.99 Å². The van der Waals surface area contributed by atoms with Gasteiger partial charge in [-0.25, -0.2) is 9.79 Å². The summed E-state index contributed by atoms with van der Waals surface area (Å²) in [5, 5.41) is 0.646. The van der Waals surface area contributed by atoms with Crippen molar-refractivity contribution >= 4 is 35.0 Å². The molecular formula is C33H34ClN3O5S. The maximum Gasteiger partial charge on any atom is 0.338 e. The average molecular weight is 620 g/mol. The molecule has 4 aromatic rings. The Hall–Kier alpha value is -4.08. The zero-order valence-corrected chi connectivity index (χ0v) is 26.8. The van der Waals surface area contributed by atoms with Gasteiger partial charge in [-0.05, 0) is 95.1 Å². The molecule has 0 N–H and O–H groups in total. The number of hydrogen-bond acceptors (Lipinski definition) is 7. The van der Waals surface area contributed by atoms with Crippen molar-refractivity contribution in [1.29, 1.82) is 0 Å². The topological polar surface area (TPSA) is 84.1 Å². The van der Waals surface area contributed by atoms with Gasteiger partial charge in [0.15, 0.2) is 16.3 Å². The standard InChI is InChI=1S/C33H34ClN3O5S/c1-8-41-32(39)29-20(5)35-33-37(30(29)22-12-13-26(42-18(2)3)27(15-22)40-7)31(38)28(43-33)16-23-14-19(4)36(21(23)6)25-11-9-10-24(34)17-25/h9-18,30H,8H2,1-7H3/b28-16-/t30-/m0/s1. The Bertz CT molecular complexity index is 1930. The SMILES string of the molecule is CCOC(=O)C1=C(C)N=c2s/c(=C\c3cc(C)n(-c4cccc(Cl)c4)c3C)c(=O)n2[C@H]1c1ccc(OC(C)C)c(OC)c1. The van der Waals surface area contributed by atoms with Crippen LogP contribution in [0.25, 0.3) is 11.8 Å². The highest BCUT2D eigenvalue weighted by molar-refractivity contribution is 7.07. The van der Waals surface area contributed by atoms with Crippen LogP contribution in [-0.4, -0.2) is 34.9 Å². The fourth-order valence-electron chi connectivity index (χ4n) is 5.40. The van der Waals surface area contributed by atoms with E-state index in [0.717, 1.165) is 22.6 Å². The van der Waals surface area contributed by atoms with Crippen molar-refractivity contribution < 1.29 is 19.0 Å². The number of fused-ring (bicyclic) bond motifs is 1. The van der Waals surface area contributed by atoms with Crippen LogP contribution in [0, 0.1) is 13.8 Å². The van der Waals surface area contributed by atoms with Crippen molar-refractivity contribution in [2.75, 3.05) is 13.7 Å². The third kappa shape index (κ3) is 5.79. The van der Waals surface area contributed by atoms with Crippen LogP contribution >= 0.6 is 22.9 Å². The molecule has 0 fully saturated rings.